The topological polar surface area (TPSA) is 63.2 Å². The quantitative estimate of drug-likeness (QED) is 0.838. The summed E-state index contributed by atoms with van der Waals surface area (Å²) < 4.78 is 23.1. The highest BCUT2D eigenvalue weighted by atomic mass is 32.2. The largest absolute Gasteiger partial charge is 0.352 e. The Balaban J connectivity index is 2.69. The van der Waals surface area contributed by atoms with Crippen LogP contribution in [0.1, 0.15) is 38.7 Å². The van der Waals surface area contributed by atoms with Gasteiger partial charge >= 0.3 is 0 Å². The number of hydrogen-bond acceptors (Lipinski definition) is 3. The molecule has 0 saturated heterocycles. The van der Waals surface area contributed by atoms with E-state index in [9.17, 15) is 13.2 Å². The number of sulfone groups is 1. The molecule has 0 spiro atoms. The third-order valence-electron chi connectivity index (χ3n) is 3.26. The summed E-state index contributed by atoms with van der Waals surface area (Å²) in [4.78, 5) is 12.3. The van der Waals surface area contributed by atoms with Crippen molar-refractivity contribution in [3.63, 3.8) is 0 Å². The normalized spacial score (nSPS) is 14.6. The number of amides is 1. The van der Waals surface area contributed by atoms with Crippen molar-refractivity contribution in [2.45, 2.75) is 39.2 Å². The SMILES string of the molecule is CCC(C(=O)NC(C)CS(=O)(=O)CC)c1ccccc1. The van der Waals surface area contributed by atoms with E-state index in [1.807, 2.05) is 37.3 Å². The maximum Gasteiger partial charge on any atom is 0.227 e. The molecular weight excluding hydrogens is 274 g/mol. The molecule has 0 aromatic heterocycles. The first-order chi connectivity index (χ1) is 9.39. The molecule has 1 rings (SSSR count). The van der Waals surface area contributed by atoms with Crippen LogP contribution >= 0.6 is 0 Å². The second-order valence-electron chi connectivity index (χ2n) is 4.98. The zero-order valence-corrected chi connectivity index (χ0v) is 13.1. The number of carbonyl (C=O) groups excluding carboxylic acids is 1. The van der Waals surface area contributed by atoms with Crippen molar-refractivity contribution in [3.8, 4) is 0 Å². The zero-order chi connectivity index (χ0) is 15.2. The minimum Gasteiger partial charge on any atom is -0.352 e. The Labute approximate surface area is 121 Å². The Morgan fingerprint density at radius 3 is 2.30 bits per heavy atom. The molecule has 0 saturated carbocycles. The van der Waals surface area contributed by atoms with Crippen LogP contribution in [-0.2, 0) is 14.6 Å². The van der Waals surface area contributed by atoms with Gasteiger partial charge in [-0.3, -0.25) is 4.79 Å². The van der Waals surface area contributed by atoms with Crippen molar-refractivity contribution in [1.82, 2.24) is 5.32 Å². The molecule has 0 radical (unpaired) electrons. The van der Waals surface area contributed by atoms with Gasteiger partial charge < -0.3 is 5.32 Å². The molecule has 0 heterocycles. The number of hydrogen-bond donors (Lipinski definition) is 1. The van der Waals surface area contributed by atoms with E-state index in [1.165, 1.54) is 0 Å². The van der Waals surface area contributed by atoms with Crippen LogP contribution in [0.4, 0.5) is 0 Å². The van der Waals surface area contributed by atoms with Crippen molar-refractivity contribution < 1.29 is 13.2 Å². The lowest BCUT2D eigenvalue weighted by molar-refractivity contribution is -0.123. The van der Waals surface area contributed by atoms with Crippen LogP contribution in [0.5, 0.6) is 0 Å². The second kappa shape index (κ2) is 7.43. The third kappa shape index (κ3) is 4.96. The number of rotatable bonds is 7. The first-order valence-electron chi connectivity index (χ1n) is 6.95. The van der Waals surface area contributed by atoms with Crippen LogP contribution in [0.25, 0.3) is 0 Å². The predicted octanol–water partition coefficient (Wildman–Crippen LogP) is 2.12. The molecule has 20 heavy (non-hydrogen) atoms. The van der Waals surface area contributed by atoms with Gasteiger partial charge in [-0.2, -0.15) is 0 Å². The molecular formula is C15H23NO3S. The summed E-state index contributed by atoms with van der Waals surface area (Å²) in [6, 6.07) is 9.17. The lowest BCUT2D eigenvalue weighted by Crippen LogP contribution is -2.40. The molecule has 0 fully saturated rings. The highest BCUT2D eigenvalue weighted by molar-refractivity contribution is 7.91. The van der Waals surface area contributed by atoms with Gasteiger partial charge in [0.2, 0.25) is 5.91 Å². The number of carbonyl (C=O) groups is 1. The van der Waals surface area contributed by atoms with E-state index < -0.39 is 9.84 Å². The molecule has 1 aromatic carbocycles. The molecule has 1 amide bonds. The van der Waals surface area contributed by atoms with Gasteiger partial charge in [0.15, 0.2) is 9.84 Å². The van der Waals surface area contributed by atoms with Crippen LogP contribution in [0.3, 0.4) is 0 Å². The Bertz CT molecular complexity index is 525. The highest BCUT2D eigenvalue weighted by Gasteiger charge is 2.22. The molecule has 2 atom stereocenters. The molecule has 0 aliphatic heterocycles. The maximum atomic E-state index is 12.3. The van der Waals surface area contributed by atoms with E-state index in [0.29, 0.717) is 6.42 Å². The van der Waals surface area contributed by atoms with Crippen molar-refractivity contribution in [2.24, 2.45) is 0 Å². The van der Waals surface area contributed by atoms with Gasteiger partial charge in [-0.25, -0.2) is 8.42 Å². The predicted molar refractivity (Wildman–Crippen MR) is 81.4 cm³/mol. The second-order valence-corrected chi connectivity index (χ2v) is 7.38. The van der Waals surface area contributed by atoms with E-state index >= 15 is 0 Å². The summed E-state index contributed by atoms with van der Waals surface area (Å²) in [5.41, 5.74) is 0.957. The van der Waals surface area contributed by atoms with Crippen molar-refractivity contribution in [1.29, 1.82) is 0 Å². The minimum atomic E-state index is -3.08. The van der Waals surface area contributed by atoms with Crippen LogP contribution < -0.4 is 5.32 Å². The standard InChI is InChI=1S/C15H23NO3S/c1-4-14(13-9-7-6-8-10-13)15(17)16-12(3)11-20(18,19)5-2/h6-10,12,14H,4-5,11H2,1-3H3,(H,16,17). The zero-order valence-electron chi connectivity index (χ0n) is 12.3. The van der Waals surface area contributed by atoms with Crippen LogP contribution in [0, 0.1) is 0 Å². The fourth-order valence-corrected chi connectivity index (χ4v) is 3.22. The lowest BCUT2D eigenvalue weighted by Gasteiger charge is -2.19. The molecule has 4 nitrogen and oxygen atoms in total. The Morgan fingerprint density at radius 1 is 1.20 bits per heavy atom. The fourth-order valence-electron chi connectivity index (χ4n) is 2.14. The Hall–Kier alpha value is -1.36. The summed E-state index contributed by atoms with van der Waals surface area (Å²) in [6.07, 6.45) is 0.684. The highest BCUT2D eigenvalue weighted by Crippen LogP contribution is 2.19. The van der Waals surface area contributed by atoms with Crippen molar-refractivity contribution >= 4 is 15.7 Å². The van der Waals surface area contributed by atoms with Crippen molar-refractivity contribution in [3.05, 3.63) is 35.9 Å². The van der Waals surface area contributed by atoms with Crippen LogP contribution in [0.2, 0.25) is 0 Å². The van der Waals surface area contributed by atoms with Gasteiger partial charge in [-0.05, 0) is 18.9 Å². The summed E-state index contributed by atoms with van der Waals surface area (Å²) in [7, 11) is -3.08. The van der Waals surface area contributed by atoms with E-state index in [-0.39, 0.29) is 29.4 Å². The van der Waals surface area contributed by atoms with Gasteiger partial charge in [-0.15, -0.1) is 0 Å². The average Bonchev–Trinajstić information content (AvgIpc) is 2.40. The Morgan fingerprint density at radius 2 is 1.80 bits per heavy atom. The molecule has 112 valence electrons. The lowest BCUT2D eigenvalue weighted by atomic mass is 9.95. The van der Waals surface area contributed by atoms with Gasteiger partial charge in [0.05, 0.1) is 11.7 Å². The smallest absolute Gasteiger partial charge is 0.227 e. The number of nitrogens with one attached hydrogen (secondary N) is 1. The van der Waals surface area contributed by atoms with Crippen LogP contribution in [0.15, 0.2) is 30.3 Å². The van der Waals surface area contributed by atoms with Gasteiger partial charge in [0.1, 0.15) is 0 Å². The first kappa shape index (κ1) is 16.7. The number of benzene rings is 1. The molecule has 0 aliphatic carbocycles. The molecule has 1 N–H and O–H groups in total. The maximum absolute atomic E-state index is 12.3. The average molecular weight is 297 g/mol. The summed E-state index contributed by atoms with van der Waals surface area (Å²) in [5.74, 6) is -0.260. The summed E-state index contributed by atoms with van der Waals surface area (Å²) in [6.45, 7) is 5.29. The molecule has 5 heteroatoms. The summed E-state index contributed by atoms with van der Waals surface area (Å²) in [5, 5.41) is 2.80. The van der Waals surface area contributed by atoms with Gasteiger partial charge in [-0.1, -0.05) is 44.2 Å². The molecule has 0 aliphatic rings. The molecule has 0 bridgehead atoms. The van der Waals surface area contributed by atoms with E-state index in [0.717, 1.165) is 5.56 Å². The van der Waals surface area contributed by atoms with E-state index in [4.69, 9.17) is 0 Å². The monoisotopic (exact) mass is 297 g/mol. The Kier molecular flexibility index (Phi) is 6.20. The van der Waals surface area contributed by atoms with E-state index in [1.54, 1.807) is 13.8 Å². The molecule has 2 unspecified atom stereocenters. The molecule has 1 aromatic rings. The first-order valence-corrected chi connectivity index (χ1v) is 8.77. The van der Waals surface area contributed by atoms with Crippen LogP contribution in [-0.4, -0.2) is 31.9 Å². The minimum absolute atomic E-state index is 0.0134. The van der Waals surface area contributed by atoms with Gasteiger partial charge in [0, 0.05) is 11.8 Å². The third-order valence-corrected chi connectivity index (χ3v) is 5.15. The summed E-state index contributed by atoms with van der Waals surface area (Å²) >= 11 is 0. The van der Waals surface area contributed by atoms with Gasteiger partial charge in [0.25, 0.3) is 0 Å². The fraction of sp³-hybridized carbons (Fsp3) is 0.533. The van der Waals surface area contributed by atoms with Crippen molar-refractivity contribution in [2.75, 3.05) is 11.5 Å². The van der Waals surface area contributed by atoms with E-state index in [2.05, 4.69) is 5.32 Å².